The molecule has 1 N–H and O–H groups in total. The summed E-state index contributed by atoms with van der Waals surface area (Å²) in [4.78, 5) is 37.8. The van der Waals surface area contributed by atoms with E-state index in [1.165, 1.54) is 0 Å². The molecule has 1 aliphatic heterocycles. The van der Waals surface area contributed by atoms with Gasteiger partial charge in [-0.15, -0.1) is 0 Å². The number of anilines is 1. The smallest absolute Gasteiger partial charge is 0.311 e. The maximum Gasteiger partial charge on any atom is 0.311 e. The van der Waals surface area contributed by atoms with Gasteiger partial charge in [0.05, 0.1) is 5.92 Å². The third-order valence-corrected chi connectivity index (χ3v) is 4.17. The van der Waals surface area contributed by atoms with Gasteiger partial charge in [0.15, 0.2) is 6.61 Å². The molecule has 1 aromatic carbocycles. The van der Waals surface area contributed by atoms with Gasteiger partial charge in [0.1, 0.15) is 0 Å². The lowest BCUT2D eigenvalue weighted by atomic mass is 10.1. The molecule has 1 fully saturated rings. The number of amides is 2. The van der Waals surface area contributed by atoms with Gasteiger partial charge in [0, 0.05) is 25.2 Å². The highest BCUT2D eigenvalue weighted by Crippen LogP contribution is 2.29. The van der Waals surface area contributed by atoms with E-state index >= 15 is 0 Å². The second-order valence-electron chi connectivity index (χ2n) is 6.69. The van der Waals surface area contributed by atoms with Crippen molar-refractivity contribution in [3.05, 3.63) is 29.8 Å². The second kappa shape index (κ2) is 8.65. The van der Waals surface area contributed by atoms with Crippen LogP contribution < -0.4 is 10.2 Å². The topological polar surface area (TPSA) is 75.7 Å². The number of esters is 1. The Hall–Kier alpha value is -2.37. The molecular weight excluding hydrogens is 320 g/mol. The number of hydrogen-bond donors (Lipinski definition) is 1. The van der Waals surface area contributed by atoms with Crippen LogP contribution in [0.4, 0.5) is 5.69 Å². The van der Waals surface area contributed by atoms with E-state index in [1.54, 1.807) is 4.90 Å². The molecule has 2 amide bonds. The predicted molar refractivity (Wildman–Crippen MR) is 95.1 cm³/mol. The first kappa shape index (κ1) is 19.0. The minimum absolute atomic E-state index is 0.0906. The Morgan fingerprint density at radius 1 is 1.32 bits per heavy atom. The zero-order chi connectivity index (χ0) is 18.4. The number of aryl methyl sites for hydroxylation is 1. The van der Waals surface area contributed by atoms with Crippen molar-refractivity contribution in [1.82, 2.24) is 5.32 Å². The molecule has 0 radical (unpaired) electrons. The van der Waals surface area contributed by atoms with Gasteiger partial charge in [-0.3, -0.25) is 14.4 Å². The fourth-order valence-corrected chi connectivity index (χ4v) is 2.79. The molecule has 0 spiro atoms. The largest absolute Gasteiger partial charge is 0.455 e. The molecule has 1 atom stereocenters. The van der Waals surface area contributed by atoms with Gasteiger partial charge in [-0.2, -0.15) is 0 Å². The van der Waals surface area contributed by atoms with Crippen molar-refractivity contribution >= 4 is 23.5 Å². The zero-order valence-electron chi connectivity index (χ0n) is 15.1. The van der Waals surface area contributed by atoms with Crippen molar-refractivity contribution < 1.29 is 19.1 Å². The van der Waals surface area contributed by atoms with Crippen LogP contribution in [0, 0.1) is 11.8 Å². The summed E-state index contributed by atoms with van der Waals surface area (Å²) >= 11 is 0. The molecule has 6 heteroatoms. The van der Waals surface area contributed by atoms with Gasteiger partial charge < -0.3 is 15.0 Å². The van der Waals surface area contributed by atoms with E-state index in [2.05, 4.69) is 5.32 Å². The van der Waals surface area contributed by atoms with Crippen molar-refractivity contribution in [2.45, 2.75) is 33.6 Å². The molecule has 136 valence electrons. The van der Waals surface area contributed by atoms with E-state index in [-0.39, 0.29) is 24.8 Å². The number of nitrogens with zero attached hydrogens (tertiary/aromatic N) is 1. The van der Waals surface area contributed by atoms with Gasteiger partial charge in [-0.25, -0.2) is 0 Å². The molecule has 1 heterocycles. The van der Waals surface area contributed by atoms with Crippen LogP contribution in [-0.4, -0.2) is 37.5 Å². The summed E-state index contributed by atoms with van der Waals surface area (Å²) in [5.74, 6) is -1.11. The third-order valence-electron chi connectivity index (χ3n) is 4.17. The zero-order valence-corrected chi connectivity index (χ0v) is 15.1. The molecule has 0 aromatic heterocycles. The molecule has 1 aliphatic rings. The summed E-state index contributed by atoms with van der Waals surface area (Å²) < 4.78 is 5.08. The number of nitrogens with one attached hydrogen (secondary N) is 1. The minimum Gasteiger partial charge on any atom is -0.455 e. The molecule has 6 nitrogen and oxygen atoms in total. The summed E-state index contributed by atoms with van der Waals surface area (Å²) in [5, 5.41) is 2.69. The lowest BCUT2D eigenvalue weighted by Gasteiger charge is -2.19. The number of rotatable bonds is 7. The number of carbonyl (C=O) groups excluding carboxylic acids is 3. The van der Waals surface area contributed by atoms with Crippen molar-refractivity contribution in [1.29, 1.82) is 0 Å². The van der Waals surface area contributed by atoms with Gasteiger partial charge >= 0.3 is 5.97 Å². The molecule has 0 saturated carbocycles. The number of para-hydroxylation sites is 1. The molecule has 2 rings (SSSR count). The van der Waals surface area contributed by atoms with Crippen molar-refractivity contribution in [2.75, 3.05) is 24.6 Å². The van der Waals surface area contributed by atoms with E-state index in [9.17, 15) is 14.4 Å². The summed E-state index contributed by atoms with van der Waals surface area (Å²) in [5.41, 5.74) is 1.91. The van der Waals surface area contributed by atoms with E-state index in [0.717, 1.165) is 17.7 Å². The lowest BCUT2D eigenvalue weighted by Crippen LogP contribution is -2.33. The monoisotopic (exact) mass is 346 g/mol. The molecule has 0 unspecified atom stereocenters. The minimum atomic E-state index is -0.532. The number of hydrogen-bond acceptors (Lipinski definition) is 4. The maximum absolute atomic E-state index is 12.3. The Kier molecular flexibility index (Phi) is 6.56. The Morgan fingerprint density at radius 3 is 2.72 bits per heavy atom. The fourth-order valence-electron chi connectivity index (χ4n) is 2.79. The van der Waals surface area contributed by atoms with Crippen molar-refractivity contribution in [2.24, 2.45) is 11.8 Å². The van der Waals surface area contributed by atoms with E-state index in [1.807, 2.05) is 45.0 Å². The van der Waals surface area contributed by atoms with Gasteiger partial charge in [-0.1, -0.05) is 39.0 Å². The van der Waals surface area contributed by atoms with Gasteiger partial charge in [0.25, 0.3) is 5.91 Å². The van der Waals surface area contributed by atoms with Crippen molar-refractivity contribution in [3.8, 4) is 0 Å². The van der Waals surface area contributed by atoms with E-state index < -0.39 is 11.9 Å². The maximum atomic E-state index is 12.3. The van der Waals surface area contributed by atoms with Gasteiger partial charge in [0.2, 0.25) is 5.91 Å². The lowest BCUT2D eigenvalue weighted by molar-refractivity contribution is -0.152. The SMILES string of the molecule is CCc1ccccc1N1C[C@H](C(=O)OCC(=O)NCC(C)C)CC1=O. The molecule has 1 aromatic rings. The Balaban J connectivity index is 1.91. The molecule has 0 bridgehead atoms. The highest BCUT2D eigenvalue weighted by molar-refractivity contribution is 6.00. The molecular formula is C19H26N2O4. The first-order chi connectivity index (χ1) is 11.9. The highest BCUT2D eigenvalue weighted by atomic mass is 16.5. The Labute approximate surface area is 148 Å². The van der Waals surface area contributed by atoms with Crippen molar-refractivity contribution in [3.63, 3.8) is 0 Å². The number of benzene rings is 1. The second-order valence-corrected chi connectivity index (χ2v) is 6.69. The first-order valence-electron chi connectivity index (χ1n) is 8.74. The normalized spacial score (nSPS) is 17.0. The summed E-state index contributed by atoms with van der Waals surface area (Å²) in [6, 6.07) is 7.69. The quantitative estimate of drug-likeness (QED) is 0.765. The van der Waals surface area contributed by atoms with Crippen LogP contribution >= 0.6 is 0 Å². The van der Waals surface area contributed by atoms with Crippen LogP contribution in [0.5, 0.6) is 0 Å². The summed E-state index contributed by atoms with van der Waals surface area (Å²) in [6.45, 7) is 6.53. The summed E-state index contributed by atoms with van der Waals surface area (Å²) in [7, 11) is 0. The van der Waals surface area contributed by atoms with Crippen LogP contribution in [-0.2, 0) is 25.5 Å². The van der Waals surface area contributed by atoms with Crippen LogP contribution in [0.1, 0.15) is 32.8 Å². The van der Waals surface area contributed by atoms with Gasteiger partial charge in [-0.05, 0) is 24.0 Å². The van der Waals surface area contributed by atoms with Crippen LogP contribution in [0.15, 0.2) is 24.3 Å². The number of ether oxygens (including phenoxy) is 1. The third kappa shape index (κ3) is 5.05. The Bertz CT molecular complexity index is 642. The fraction of sp³-hybridized carbons (Fsp3) is 0.526. The Morgan fingerprint density at radius 2 is 2.04 bits per heavy atom. The molecule has 25 heavy (non-hydrogen) atoms. The summed E-state index contributed by atoms with van der Waals surface area (Å²) in [6.07, 6.45) is 0.926. The average molecular weight is 346 g/mol. The standard InChI is InChI=1S/C19H26N2O4/c1-4-14-7-5-6-8-16(14)21-11-15(9-18(21)23)19(24)25-12-17(22)20-10-13(2)3/h5-8,13,15H,4,9-12H2,1-3H3,(H,20,22)/t15-/m1/s1. The highest BCUT2D eigenvalue weighted by Gasteiger charge is 2.36. The average Bonchev–Trinajstić information content (AvgIpc) is 2.99. The van der Waals surface area contributed by atoms with Crippen LogP contribution in [0.2, 0.25) is 0 Å². The van der Waals surface area contributed by atoms with Crippen LogP contribution in [0.25, 0.3) is 0 Å². The van der Waals surface area contributed by atoms with E-state index in [4.69, 9.17) is 4.74 Å². The molecule has 0 aliphatic carbocycles. The molecule has 1 saturated heterocycles. The number of carbonyl (C=O) groups is 3. The van der Waals surface area contributed by atoms with E-state index in [0.29, 0.717) is 19.0 Å². The first-order valence-corrected chi connectivity index (χ1v) is 8.74. The predicted octanol–water partition coefficient (Wildman–Crippen LogP) is 1.92. The van der Waals surface area contributed by atoms with Crippen LogP contribution in [0.3, 0.4) is 0 Å².